The number of aryl methyl sites for hydroxylation is 1. The molecule has 0 spiro atoms. The monoisotopic (exact) mass is 388 g/mol. The number of nitrogens with zero attached hydrogens (tertiary/aromatic N) is 1. The van der Waals surface area contributed by atoms with Gasteiger partial charge in [-0.05, 0) is 49.7 Å². The van der Waals surface area contributed by atoms with Gasteiger partial charge in [0.25, 0.3) is 5.91 Å². The third-order valence-corrected chi connectivity index (χ3v) is 4.52. The first kappa shape index (κ1) is 19.7. The van der Waals surface area contributed by atoms with Crippen molar-refractivity contribution >= 4 is 16.8 Å². The minimum Gasteiger partial charge on any atom is -0.497 e. The highest BCUT2D eigenvalue weighted by Gasteiger charge is 2.30. The minimum absolute atomic E-state index is 0.372. The average molecular weight is 388 g/mol. The summed E-state index contributed by atoms with van der Waals surface area (Å²) in [6.45, 7) is 3.35. The summed E-state index contributed by atoms with van der Waals surface area (Å²) in [7, 11) is 1.56. The first-order valence-corrected chi connectivity index (χ1v) is 8.62. The first-order chi connectivity index (χ1) is 13.2. The number of methoxy groups -OCH3 is 1. The van der Waals surface area contributed by atoms with Gasteiger partial charge in [0.1, 0.15) is 5.75 Å². The van der Waals surface area contributed by atoms with E-state index < -0.39 is 23.7 Å². The zero-order valence-electron chi connectivity index (χ0n) is 15.6. The van der Waals surface area contributed by atoms with Crippen LogP contribution >= 0.6 is 0 Å². The number of alkyl halides is 3. The normalized spacial score (nSPS) is 12.6. The van der Waals surface area contributed by atoms with Crippen molar-refractivity contribution < 1.29 is 22.7 Å². The van der Waals surface area contributed by atoms with E-state index in [4.69, 9.17) is 4.74 Å². The molecule has 2 aromatic carbocycles. The quantitative estimate of drug-likeness (QED) is 0.680. The number of nitrogens with one attached hydrogen (secondary N) is 1. The molecule has 0 saturated carbocycles. The molecule has 0 aliphatic carbocycles. The first-order valence-electron chi connectivity index (χ1n) is 8.62. The van der Waals surface area contributed by atoms with Gasteiger partial charge in [0.15, 0.2) is 0 Å². The van der Waals surface area contributed by atoms with Crippen LogP contribution in [0.25, 0.3) is 10.9 Å². The maximum atomic E-state index is 12.9. The highest BCUT2D eigenvalue weighted by Crippen LogP contribution is 2.31. The molecule has 0 radical (unpaired) electrons. The number of fused-ring (bicyclic) bond motifs is 1. The molecule has 1 aromatic heterocycles. The maximum absolute atomic E-state index is 12.9. The number of pyridine rings is 1. The van der Waals surface area contributed by atoms with Gasteiger partial charge in [-0.3, -0.25) is 9.78 Å². The van der Waals surface area contributed by atoms with Crippen molar-refractivity contribution in [2.75, 3.05) is 7.11 Å². The van der Waals surface area contributed by atoms with Crippen LogP contribution in [0, 0.1) is 6.92 Å². The van der Waals surface area contributed by atoms with Gasteiger partial charge < -0.3 is 10.1 Å². The van der Waals surface area contributed by atoms with Gasteiger partial charge in [-0.2, -0.15) is 13.2 Å². The molecular formula is C21H19F3N2O2. The predicted octanol–water partition coefficient (Wildman–Crippen LogP) is 5.06. The van der Waals surface area contributed by atoms with E-state index in [9.17, 15) is 18.0 Å². The number of halogens is 3. The van der Waals surface area contributed by atoms with Crippen molar-refractivity contribution in [1.82, 2.24) is 10.3 Å². The molecule has 0 unspecified atom stereocenters. The molecule has 0 fully saturated rings. The van der Waals surface area contributed by atoms with Crippen molar-refractivity contribution in [3.05, 3.63) is 70.9 Å². The van der Waals surface area contributed by atoms with Crippen molar-refractivity contribution in [2.24, 2.45) is 0 Å². The highest BCUT2D eigenvalue weighted by atomic mass is 19.4. The fraction of sp³-hybridized carbons (Fsp3) is 0.238. The molecule has 3 aromatic rings. The molecule has 0 bridgehead atoms. The number of hydrogen-bond acceptors (Lipinski definition) is 3. The van der Waals surface area contributed by atoms with E-state index in [1.165, 1.54) is 6.07 Å². The fourth-order valence-electron chi connectivity index (χ4n) is 2.94. The molecule has 3 rings (SSSR count). The second-order valence-electron chi connectivity index (χ2n) is 6.50. The van der Waals surface area contributed by atoms with Gasteiger partial charge in [-0.15, -0.1) is 0 Å². The van der Waals surface area contributed by atoms with Gasteiger partial charge >= 0.3 is 6.18 Å². The summed E-state index contributed by atoms with van der Waals surface area (Å²) in [5.41, 5.74) is 1.22. The number of rotatable bonds is 4. The van der Waals surface area contributed by atoms with E-state index in [0.717, 1.165) is 17.5 Å². The van der Waals surface area contributed by atoms with Crippen molar-refractivity contribution in [2.45, 2.75) is 26.1 Å². The lowest BCUT2D eigenvalue weighted by molar-refractivity contribution is -0.137. The maximum Gasteiger partial charge on any atom is 0.416 e. The zero-order valence-corrected chi connectivity index (χ0v) is 15.6. The van der Waals surface area contributed by atoms with Crippen LogP contribution in [0.3, 0.4) is 0 Å². The van der Waals surface area contributed by atoms with Crippen LogP contribution in [0.4, 0.5) is 13.2 Å². The summed E-state index contributed by atoms with van der Waals surface area (Å²) < 4.78 is 43.9. The van der Waals surface area contributed by atoms with Crippen LogP contribution < -0.4 is 10.1 Å². The van der Waals surface area contributed by atoms with Gasteiger partial charge in [-0.1, -0.05) is 12.1 Å². The van der Waals surface area contributed by atoms with E-state index in [1.54, 1.807) is 51.3 Å². The van der Waals surface area contributed by atoms with E-state index in [0.29, 0.717) is 28.1 Å². The number of ether oxygens (including phenoxy) is 1. The van der Waals surface area contributed by atoms with E-state index in [-0.39, 0.29) is 0 Å². The average Bonchev–Trinajstić information content (AvgIpc) is 2.66. The SMILES string of the molecule is COc1ccc2cc(C(=O)N[C@H](C)c3cccc(C(F)(F)F)c3)c(C)nc2c1. The van der Waals surface area contributed by atoms with E-state index >= 15 is 0 Å². The predicted molar refractivity (Wildman–Crippen MR) is 100 cm³/mol. The second kappa shape index (κ2) is 7.50. The molecule has 7 heteroatoms. The Labute approximate surface area is 160 Å². The number of benzene rings is 2. The summed E-state index contributed by atoms with van der Waals surface area (Å²) in [5, 5.41) is 3.52. The van der Waals surface area contributed by atoms with Gasteiger partial charge in [-0.25, -0.2) is 0 Å². The summed E-state index contributed by atoms with van der Waals surface area (Å²) in [6.07, 6.45) is -4.43. The second-order valence-corrected chi connectivity index (χ2v) is 6.50. The molecule has 0 aliphatic heterocycles. The van der Waals surface area contributed by atoms with Gasteiger partial charge in [0, 0.05) is 11.5 Å². The minimum atomic E-state index is -4.43. The Kier molecular flexibility index (Phi) is 5.27. The molecule has 1 N–H and O–H groups in total. The molecule has 4 nitrogen and oxygen atoms in total. The Balaban J connectivity index is 1.85. The Morgan fingerprint density at radius 1 is 1.14 bits per heavy atom. The van der Waals surface area contributed by atoms with Crippen LogP contribution in [-0.2, 0) is 6.18 Å². The van der Waals surface area contributed by atoms with Crippen LogP contribution in [-0.4, -0.2) is 18.0 Å². The molecule has 1 atom stereocenters. The van der Waals surface area contributed by atoms with Gasteiger partial charge in [0.2, 0.25) is 0 Å². The fourth-order valence-corrected chi connectivity index (χ4v) is 2.94. The van der Waals surface area contributed by atoms with Crippen LogP contribution in [0.5, 0.6) is 5.75 Å². The van der Waals surface area contributed by atoms with Crippen LogP contribution in [0.15, 0.2) is 48.5 Å². The number of carbonyl (C=O) groups is 1. The molecule has 0 aliphatic rings. The third-order valence-electron chi connectivity index (χ3n) is 4.52. The molecule has 1 heterocycles. The lowest BCUT2D eigenvalue weighted by atomic mass is 10.0. The Hall–Kier alpha value is -3.09. The molecule has 28 heavy (non-hydrogen) atoms. The molecular weight excluding hydrogens is 369 g/mol. The number of amides is 1. The highest BCUT2D eigenvalue weighted by molar-refractivity contribution is 5.99. The largest absolute Gasteiger partial charge is 0.497 e. The summed E-state index contributed by atoms with van der Waals surface area (Å²) in [6, 6.07) is 11.4. The number of carbonyl (C=O) groups excluding carboxylic acids is 1. The lowest BCUT2D eigenvalue weighted by Crippen LogP contribution is -2.27. The molecule has 0 saturated heterocycles. The summed E-state index contributed by atoms with van der Waals surface area (Å²) in [4.78, 5) is 17.1. The summed E-state index contributed by atoms with van der Waals surface area (Å²) >= 11 is 0. The standard InChI is InChI=1S/C21H19F3N2O2/c1-12(14-5-4-6-16(9-14)21(22,23)24)26-20(27)18-10-15-7-8-17(28-3)11-19(15)25-13(18)2/h4-12H,1-3H3,(H,26,27)/t12-/m1/s1. The number of hydrogen-bond donors (Lipinski definition) is 1. The van der Waals surface area contributed by atoms with Crippen molar-refractivity contribution in [3.8, 4) is 5.75 Å². The summed E-state index contributed by atoms with van der Waals surface area (Å²) in [5.74, 6) is 0.266. The Bertz CT molecular complexity index is 1030. The van der Waals surface area contributed by atoms with E-state index in [1.807, 2.05) is 0 Å². The van der Waals surface area contributed by atoms with Crippen LogP contribution in [0.2, 0.25) is 0 Å². The topological polar surface area (TPSA) is 51.2 Å². The Morgan fingerprint density at radius 2 is 1.89 bits per heavy atom. The molecule has 1 amide bonds. The van der Waals surface area contributed by atoms with Crippen molar-refractivity contribution in [3.63, 3.8) is 0 Å². The smallest absolute Gasteiger partial charge is 0.416 e. The van der Waals surface area contributed by atoms with Crippen LogP contribution in [0.1, 0.15) is 40.1 Å². The molecule has 146 valence electrons. The Morgan fingerprint density at radius 3 is 2.57 bits per heavy atom. The number of aromatic nitrogens is 1. The van der Waals surface area contributed by atoms with Gasteiger partial charge in [0.05, 0.1) is 35.5 Å². The van der Waals surface area contributed by atoms with E-state index in [2.05, 4.69) is 10.3 Å². The third kappa shape index (κ3) is 4.08. The van der Waals surface area contributed by atoms with Crippen molar-refractivity contribution in [1.29, 1.82) is 0 Å². The zero-order chi connectivity index (χ0) is 20.5. The lowest BCUT2D eigenvalue weighted by Gasteiger charge is -2.17.